The molecule has 4 rings (SSSR count). The second kappa shape index (κ2) is 8.35. The summed E-state index contributed by atoms with van der Waals surface area (Å²) in [5.41, 5.74) is 5.96. The van der Waals surface area contributed by atoms with Gasteiger partial charge in [0, 0.05) is 29.9 Å². The first-order valence-electron chi connectivity index (χ1n) is 10.7. The number of allylic oxidation sites excluding steroid dienone is 3. The first-order valence-corrected chi connectivity index (χ1v) is 10.7. The summed E-state index contributed by atoms with van der Waals surface area (Å²) in [5.74, 6) is 1.17. The van der Waals surface area contributed by atoms with Crippen molar-refractivity contribution in [2.45, 2.75) is 38.5 Å². The molecule has 2 heterocycles. The highest BCUT2D eigenvalue weighted by Crippen LogP contribution is 2.38. The van der Waals surface area contributed by atoms with Gasteiger partial charge in [-0.1, -0.05) is 56.2 Å². The molecule has 0 atom stereocenters. The Balaban J connectivity index is 1.40. The molecule has 3 nitrogen and oxygen atoms in total. The maximum absolute atomic E-state index is 12.9. The average Bonchev–Trinajstić information content (AvgIpc) is 3.23. The Morgan fingerprint density at radius 3 is 2.40 bits per heavy atom. The van der Waals surface area contributed by atoms with Crippen LogP contribution in [0.3, 0.4) is 0 Å². The molecular formula is C27H29NO2. The second-order valence-electron chi connectivity index (χ2n) is 8.35. The molecule has 0 saturated carbocycles. The van der Waals surface area contributed by atoms with Crippen LogP contribution < -0.4 is 0 Å². The van der Waals surface area contributed by atoms with Gasteiger partial charge >= 0.3 is 0 Å². The van der Waals surface area contributed by atoms with Gasteiger partial charge < -0.3 is 9.32 Å². The number of likely N-dealkylation sites (tertiary alicyclic amines) is 1. The van der Waals surface area contributed by atoms with Gasteiger partial charge in [-0.25, -0.2) is 0 Å². The van der Waals surface area contributed by atoms with E-state index in [9.17, 15) is 4.79 Å². The van der Waals surface area contributed by atoms with E-state index in [-0.39, 0.29) is 5.78 Å². The molecule has 1 aromatic heterocycles. The number of carbonyl (C=O) groups is 1. The molecule has 1 aliphatic carbocycles. The first kappa shape index (κ1) is 20.2. The molecule has 1 fully saturated rings. The van der Waals surface area contributed by atoms with Gasteiger partial charge in [-0.3, -0.25) is 4.79 Å². The molecule has 2 aliphatic rings. The van der Waals surface area contributed by atoms with Gasteiger partial charge in [0.25, 0.3) is 0 Å². The van der Waals surface area contributed by atoms with Crippen LogP contribution in [0.25, 0.3) is 11.1 Å². The normalized spacial score (nSPS) is 15.5. The van der Waals surface area contributed by atoms with E-state index in [0.717, 1.165) is 48.2 Å². The minimum atomic E-state index is -0.0209. The van der Waals surface area contributed by atoms with Crippen molar-refractivity contribution in [3.63, 3.8) is 0 Å². The lowest BCUT2D eigenvalue weighted by Gasteiger charge is -2.30. The third-order valence-corrected chi connectivity index (χ3v) is 6.13. The standard InChI is InChI=1S/C27H29NO2/c1-18(12-13-20(3)28-14-8-5-9-15-28)16-19(2)25-17-24-26(29)23-11-7-6-10-22(23)21(4)27(24)30-25/h6-7,10-11,17H,1-5,8-9,12-16H2. The highest BCUT2D eigenvalue weighted by molar-refractivity contribution is 6.18. The number of benzene rings is 1. The number of rotatable bonds is 7. The highest BCUT2D eigenvalue weighted by atomic mass is 16.3. The van der Waals surface area contributed by atoms with Crippen LogP contribution in [0.2, 0.25) is 0 Å². The molecule has 0 radical (unpaired) electrons. The quantitative estimate of drug-likeness (QED) is 0.418. The lowest BCUT2D eigenvalue weighted by atomic mass is 9.86. The topological polar surface area (TPSA) is 33.5 Å². The van der Waals surface area contributed by atoms with Crippen molar-refractivity contribution in [1.82, 2.24) is 4.90 Å². The fourth-order valence-electron chi connectivity index (χ4n) is 4.34. The number of furan rings is 1. The zero-order chi connectivity index (χ0) is 21.3. The van der Waals surface area contributed by atoms with Crippen LogP contribution in [-0.2, 0) is 0 Å². The second-order valence-corrected chi connectivity index (χ2v) is 8.35. The summed E-state index contributed by atoms with van der Waals surface area (Å²) >= 11 is 0. The van der Waals surface area contributed by atoms with Gasteiger partial charge in [0.05, 0.1) is 5.56 Å². The molecule has 0 spiro atoms. The van der Waals surface area contributed by atoms with E-state index < -0.39 is 0 Å². The zero-order valence-corrected chi connectivity index (χ0v) is 17.6. The lowest BCUT2D eigenvalue weighted by Crippen LogP contribution is -2.28. The van der Waals surface area contributed by atoms with E-state index in [1.807, 2.05) is 24.3 Å². The third kappa shape index (κ3) is 3.85. The molecule has 1 aliphatic heterocycles. The van der Waals surface area contributed by atoms with Crippen molar-refractivity contribution < 1.29 is 9.21 Å². The van der Waals surface area contributed by atoms with Gasteiger partial charge in [-0.05, 0) is 55.7 Å². The molecule has 0 bridgehead atoms. The number of hydrogen-bond acceptors (Lipinski definition) is 3. The van der Waals surface area contributed by atoms with Gasteiger partial charge in [-0.15, -0.1) is 0 Å². The molecular weight excluding hydrogens is 370 g/mol. The van der Waals surface area contributed by atoms with Gasteiger partial charge in [0.15, 0.2) is 5.78 Å². The van der Waals surface area contributed by atoms with Crippen molar-refractivity contribution in [2.24, 2.45) is 0 Å². The van der Waals surface area contributed by atoms with E-state index in [1.54, 1.807) is 6.07 Å². The Bertz CT molecular complexity index is 994. The Kier molecular flexibility index (Phi) is 5.63. The third-order valence-electron chi connectivity index (χ3n) is 6.13. The minimum absolute atomic E-state index is 0.0209. The monoisotopic (exact) mass is 399 g/mol. The predicted molar refractivity (Wildman–Crippen MR) is 123 cm³/mol. The minimum Gasteiger partial charge on any atom is -0.456 e. The average molecular weight is 400 g/mol. The van der Waals surface area contributed by atoms with E-state index >= 15 is 0 Å². The van der Waals surface area contributed by atoms with E-state index in [0.29, 0.717) is 29.1 Å². The maximum Gasteiger partial charge on any atom is 0.197 e. The van der Waals surface area contributed by atoms with Crippen molar-refractivity contribution >= 4 is 16.9 Å². The molecule has 1 saturated heterocycles. The largest absolute Gasteiger partial charge is 0.456 e. The fraction of sp³-hybridized carbons (Fsp3) is 0.296. The van der Waals surface area contributed by atoms with Crippen molar-refractivity contribution in [3.05, 3.63) is 96.1 Å². The molecule has 0 N–H and O–H groups in total. The van der Waals surface area contributed by atoms with Crippen LogP contribution in [0.5, 0.6) is 0 Å². The highest BCUT2D eigenvalue weighted by Gasteiger charge is 2.30. The number of nitrogens with zero attached hydrogens (tertiary/aromatic N) is 1. The van der Waals surface area contributed by atoms with Crippen molar-refractivity contribution in [1.29, 1.82) is 0 Å². The molecule has 3 heteroatoms. The summed E-state index contributed by atoms with van der Waals surface area (Å²) in [6, 6.07) is 9.33. The van der Waals surface area contributed by atoms with Crippen LogP contribution in [0, 0.1) is 0 Å². The molecule has 0 amide bonds. The number of ketones is 1. The Morgan fingerprint density at radius 2 is 1.67 bits per heavy atom. The summed E-state index contributed by atoms with van der Waals surface area (Å²) < 4.78 is 6.04. The number of carbonyl (C=O) groups excluding carboxylic acids is 1. The lowest BCUT2D eigenvalue weighted by molar-refractivity contribution is 0.103. The van der Waals surface area contributed by atoms with Crippen molar-refractivity contribution in [3.8, 4) is 0 Å². The summed E-state index contributed by atoms with van der Waals surface area (Å²) in [4.78, 5) is 15.3. The van der Waals surface area contributed by atoms with Gasteiger partial charge in [-0.2, -0.15) is 0 Å². The van der Waals surface area contributed by atoms with Crippen LogP contribution in [0.15, 0.2) is 72.3 Å². The molecule has 30 heavy (non-hydrogen) atoms. The molecule has 0 unspecified atom stereocenters. The summed E-state index contributed by atoms with van der Waals surface area (Å²) in [5, 5.41) is 0. The van der Waals surface area contributed by atoms with Gasteiger partial charge in [0.2, 0.25) is 0 Å². The zero-order valence-electron chi connectivity index (χ0n) is 17.6. The van der Waals surface area contributed by atoms with E-state index in [4.69, 9.17) is 4.42 Å². The number of fused-ring (bicyclic) bond motifs is 2. The number of hydrogen-bond donors (Lipinski definition) is 0. The van der Waals surface area contributed by atoms with E-state index in [2.05, 4.69) is 31.2 Å². The number of piperidine rings is 1. The Labute approximate surface area is 179 Å². The SMILES string of the molecule is C=C(CCC(=C)N1CCCCC1)CC(=C)c1cc2c(o1)C(=C)c1ccccc1C2=O. The first-order chi connectivity index (χ1) is 14.5. The summed E-state index contributed by atoms with van der Waals surface area (Å²) in [6.07, 6.45) is 6.29. The van der Waals surface area contributed by atoms with Gasteiger partial charge in [0.1, 0.15) is 11.5 Å². The van der Waals surface area contributed by atoms with Crippen LogP contribution >= 0.6 is 0 Å². The Hall–Kier alpha value is -3.07. The predicted octanol–water partition coefficient (Wildman–Crippen LogP) is 6.62. The van der Waals surface area contributed by atoms with Crippen LogP contribution in [0.4, 0.5) is 0 Å². The molecule has 154 valence electrons. The Morgan fingerprint density at radius 1 is 0.967 bits per heavy atom. The molecule has 1 aromatic carbocycles. The van der Waals surface area contributed by atoms with Crippen LogP contribution in [0.1, 0.15) is 71.5 Å². The van der Waals surface area contributed by atoms with E-state index in [1.165, 1.54) is 25.0 Å². The molecule has 2 aromatic rings. The van der Waals surface area contributed by atoms with Crippen molar-refractivity contribution in [2.75, 3.05) is 13.1 Å². The summed E-state index contributed by atoms with van der Waals surface area (Å²) in [7, 11) is 0. The fourth-order valence-corrected chi connectivity index (χ4v) is 4.34. The smallest absolute Gasteiger partial charge is 0.197 e. The maximum atomic E-state index is 12.9. The summed E-state index contributed by atoms with van der Waals surface area (Å²) in [6.45, 7) is 19.1. The van der Waals surface area contributed by atoms with Crippen LogP contribution in [-0.4, -0.2) is 23.8 Å².